The zero-order valence-electron chi connectivity index (χ0n) is 10.4. The first-order valence-electron chi connectivity index (χ1n) is 5.51. The van der Waals surface area contributed by atoms with Gasteiger partial charge in [-0.1, -0.05) is 17.7 Å². The van der Waals surface area contributed by atoms with Crippen LogP contribution in [0.25, 0.3) is 0 Å². The number of halogens is 1. The summed E-state index contributed by atoms with van der Waals surface area (Å²) in [6.07, 6.45) is 0.789. The summed E-state index contributed by atoms with van der Waals surface area (Å²) in [5.74, 6) is 0.729. The number of aryl methyl sites for hydroxylation is 1. The van der Waals surface area contributed by atoms with Crippen LogP contribution in [-0.4, -0.2) is 11.6 Å². The SMILES string of the molecule is Cc1ccc(Cl)c(OC(C)(C)CC(C)N)c1. The zero-order valence-corrected chi connectivity index (χ0v) is 11.1. The topological polar surface area (TPSA) is 35.2 Å². The maximum absolute atomic E-state index is 6.08. The van der Waals surface area contributed by atoms with E-state index in [2.05, 4.69) is 0 Å². The van der Waals surface area contributed by atoms with E-state index in [1.54, 1.807) is 0 Å². The Morgan fingerprint density at radius 3 is 2.62 bits per heavy atom. The summed E-state index contributed by atoms with van der Waals surface area (Å²) in [6, 6.07) is 5.88. The molecule has 0 aromatic heterocycles. The van der Waals surface area contributed by atoms with Gasteiger partial charge in [0.15, 0.2) is 0 Å². The van der Waals surface area contributed by atoms with Crippen LogP contribution in [0.2, 0.25) is 5.02 Å². The first-order valence-corrected chi connectivity index (χ1v) is 5.89. The second-order valence-electron chi connectivity index (χ2n) is 4.98. The summed E-state index contributed by atoms with van der Waals surface area (Å²) in [5.41, 5.74) is 6.62. The van der Waals surface area contributed by atoms with Crippen LogP contribution < -0.4 is 10.5 Å². The highest BCUT2D eigenvalue weighted by Crippen LogP contribution is 2.30. The van der Waals surface area contributed by atoms with Gasteiger partial charge < -0.3 is 10.5 Å². The van der Waals surface area contributed by atoms with Crippen LogP contribution in [0.5, 0.6) is 5.75 Å². The fraction of sp³-hybridized carbons (Fsp3) is 0.538. The highest BCUT2D eigenvalue weighted by Gasteiger charge is 2.22. The van der Waals surface area contributed by atoms with E-state index in [-0.39, 0.29) is 11.6 Å². The van der Waals surface area contributed by atoms with Crippen molar-refractivity contribution >= 4 is 11.6 Å². The van der Waals surface area contributed by atoms with E-state index < -0.39 is 0 Å². The molecule has 0 aliphatic rings. The van der Waals surface area contributed by atoms with Gasteiger partial charge in [-0.2, -0.15) is 0 Å². The summed E-state index contributed by atoms with van der Waals surface area (Å²) in [6.45, 7) is 8.04. The van der Waals surface area contributed by atoms with Gasteiger partial charge in [-0.3, -0.25) is 0 Å². The number of rotatable bonds is 4. The summed E-state index contributed by atoms with van der Waals surface area (Å²) in [7, 11) is 0. The molecule has 1 unspecified atom stereocenters. The Hall–Kier alpha value is -0.730. The monoisotopic (exact) mass is 241 g/mol. The van der Waals surface area contributed by atoms with Crippen LogP contribution in [0.1, 0.15) is 32.8 Å². The Morgan fingerprint density at radius 1 is 1.44 bits per heavy atom. The Labute approximate surface area is 103 Å². The van der Waals surface area contributed by atoms with Gasteiger partial charge in [-0.15, -0.1) is 0 Å². The molecule has 2 N–H and O–H groups in total. The average Bonchev–Trinajstić information content (AvgIpc) is 2.08. The van der Waals surface area contributed by atoms with Gasteiger partial charge >= 0.3 is 0 Å². The van der Waals surface area contributed by atoms with Crippen molar-refractivity contribution in [3.05, 3.63) is 28.8 Å². The number of hydrogen-bond donors (Lipinski definition) is 1. The van der Waals surface area contributed by atoms with Crippen molar-refractivity contribution in [3.8, 4) is 5.75 Å². The quantitative estimate of drug-likeness (QED) is 0.875. The van der Waals surface area contributed by atoms with Crippen molar-refractivity contribution in [2.75, 3.05) is 0 Å². The molecule has 16 heavy (non-hydrogen) atoms. The fourth-order valence-electron chi connectivity index (χ4n) is 1.80. The lowest BCUT2D eigenvalue weighted by Crippen LogP contribution is -2.35. The third-order valence-electron chi connectivity index (χ3n) is 2.29. The molecule has 1 rings (SSSR count). The van der Waals surface area contributed by atoms with Crippen molar-refractivity contribution < 1.29 is 4.74 Å². The van der Waals surface area contributed by atoms with Crippen LogP contribution in [0.3, 0.4) is 0 Å². The Morgan fingerprint density at radius 2 is 2.06 bits per heavy atom. The van der Waals surface area contributed by atoms with Crippen LogP contribution in [0.4, 0.5) is 0 Å². The summed E-state index contributed by atoms with van der Waals surface area (Å²) in [4.78, 5) is 0. The molecule has 0 saturated carbocycles. The highest BCUT2D eigenvalue weighted by molar-refractivity contribution is 6.32. The minimum Gasteiger partial charge on any atom is -0.486 e. The molecule has 0 heterocycles. The second kappa shape index (κ2) is 5.07. The molecule has 0 spiro atoms. The van der Waals surface area contributed by atoms with Crippen LogP contribution in [0, 0.1) is 6.92 Å². The number of benzene rings is 1. The van der Waals surface area contributed by atoms with Crippen LogP contribution >= 0.6 is 11.6 Å². The molecule has 1 aromatic carbocycles. The molecule has 0 radical (unpaired) electrons. The lowest BCUT2D eigenvalue weighted by Gasteiger charge is -2.28. The van der Waals surface area contributed by atoms with Crippen molar-refractivity contribution in [2.45, 2.75) is 45.8 Å². The van der Waals surface area contributed by atoms with Crippen molar-refractivity contribution in [1.82, 2.24) is 0 Å². The van der Waals surface area contributed by atoms with E-state index in [1.165, 1.54) is 0 Å². The lowest BCUT2D eigenvalue weighted by molar-refractivity contribution is 0.0934. The van der Waals surface area contributed by atoms with E-state index in [1.807, 2.05) is 45.9 Å². The van der Waals surface area contributed by atoms with Crippen molar-refractivity contribution in [2.24, 2.45) is 5.73 Å². The maximum atomic E-state index is 6.08. The molecule has 0 bridgehead atoms. The molecule has 0 aliphatic carbocycles. The predicted molar refractivity (Wildman–Crippen MR) is 69.2 cm³/mol. The van der Waals surface area contributed by atoms with Gasteiger partial charge in [0.05, 0.1) is 5.02 Å². The molecule has 3 heteroatoms. The van der Waals surface area contributed by atoms with E-state index in [0.717, 1.165) is 17.7 Å². The van der Waals surface area contributed by atoms with Gasteiger partial charge in [0.2, 0.25) is 0 Å². The predicted octanol–water partition coefficient (Wildman–Crippen LogP) is 3.54. The van der Waals surface area contributed by atoms with E-state index in [0.29, 0.717) is 5.02 Å². The highest BCUT2D eigenvalue weighted by atomic mass is 35.5. The Balaban J connectivity index is 2.82. The van der Waals surface area contributed by atoms with Crippen molar-refractivity contribution in [3.63, 3.8) is 0 Å². The maximum Gasteiger partial charge on any atom is 0.138 e. The Bertz CT molecular complexity index is 361. The molecule has 90 valence electrons. The number of hydrogen-bond acceptors (Lipinski definition) is 2. The average molecular weight is 242 g/mol. The molecule has 2 nitrogen and oxygen atoms in total. The van der Waals surface area contributed by atoms with Crippen LogP contribution in [-0.2, 0) is 0 Å². The van der Waals surface area contributed by atoms with Gasteiger partial charge in [-0.25, -0.2) is 0 Å². The standard InChI is InChI=1S/C13H20ClNO/c1-9-5-6-11(14)12(7-9)16-13(3,4)8-10(2)15/h5-7,10H,8,15H2,1-4H3. The number of ether oxygens (including phenoxy) is 1. The molecule has 0 saturated heterocycles. The molecule has 0 aliphatic heterocycles. The van der Waals surface area contributed by atoms with E-state index >= 15 is 0 Å². The summed E-state index contributed by atoms with van der Waals surface area (Å²) < 4.78 is 5.91. The van der Waals surface area contributed by atoms with Crippen molar-refractivity contribution in [1.29, 1.82) is 0 Å². The van der Waals surface area contributed by atoms with Crippen LogP contribution in [0.15, 0.2) is 18.2 Å². The normalized spacial score (nSPS) is 13.6. The third-order valence-corrected chi connectivity index (χ3v) is 2.60. The number of nitrogens with two attached hydrogens (primary N) is 1. The molecule has 0 fully saturated rings. The lowest BCUT2D eigenvalue weighted by atomic mass is 10.0. The van der Waals surface area contributed by atoms with Gasteiger partial charge in [0, 0.05) is 12.5 Å². The molecular weight excluding hydrogens is 222 g/mol. The largest absolute Gasteiger partial charge is 0.486 e. The fourth-order valence-corrected chi connectivity index (χ4v) is 1.96. The Kier molecular flexibility index (Phi) is 4.22. The third kappa shape index (κ3) is 4.03. The van der Waals surface area contributed by atoms with Gasteiger partial charge in [-0.05, 0) is 45.4 Å². The first kappa shape index (κ1) is 13.3. The molecule has 1 aromatic rings. The van der Waals surface area contributed by atoms with Gasteiger partial charge in [0.25, 0.3) is 0 Å². The minimum atomic E-state index is -0.300. The molecule has 0 amide bonds. The first-order chi connectivity index (χ1) is 7.30. The smallest absolute Gasteiger partial charge is 0.138 e. The second-order valence-corrected chi connectivity index (χ2v) is 5.38. The van der Waals surface area contributed by atoms with Gasteiger partial charge in [0.1, 0.15) is 11.4 Å². The summed E-state index contributed by atoms with van der Waals surface area (Å²) >= 11 is 6.08. The van der Waals surface area contributed by atoms with E-state index in [4.69, 9.17) is 22.1 Å². The molecule has 1 atom stereocenters. The molecular formula is C13H20ClNO. The zero-order chi connectivity index (χ0) is 12.3. The van der Waals surface area contributed by atoms with E-state index in [9.17, 15) is 0 Å². The summed E-state index contributed by atoms with van der Waals surface area (Å²) in [5, 5.41) is 0.642. The minimum absolute atomic E-state index is 0.110.